The molecule has 2 nitrogen and oxygen atoms in total. The quantitative estimate of drug-likeness (QED) is 0.148. The Balaban J connectivity index is 1.35. The summed E-state index contributed by atoms with van der Waals surface area (Å²) >= 11 is 0. The highest BCUT2D eigenvalue weighted by atomic mass is 19.2. The van der Waals surface area contributed by atoms with Crippen molar-refractivity contribution in [3.8, 4) is 0 Å². The summed E-state index contributed by atoms with van der Waals surface area (Å²) < 4.78 is 71.3. The van der Waals surface area contributed by atoms with E-state index in [9.17, 15) is 8.78 Å². The van der Waals surface area contributed by atoms with Crippen molar-refractivity contribution in [2.75, 3.05) is 13.2 Å². The standard InChI is InChI=1S/C33H40F4O2/c1-3-5-7-8-20-38-29-19-17-26(31(35)33(29)37)24-13-11-23(12-14-24)25-15-16-27(32(36)30(25)34)28-18-10-22(21-39-28)9-6-4-2/h4,11,13-16,19,22-23,26,28H,2-3,5-10,12,17-18,20-21H2,1H3/t22?,23-,26-,28?/m0/s1. The predicted molar refractivity (Wildman–Crippen MR) is 147 cm³/mol. The topological polar surface area (TPSA) is 18.5 Å². The Bertz CT molecular complexity index is 1120. The molecule has 0 amide bonds. The van der Waals surface area contributed by atoms with E-state index in [2.05, 4.69) is 13.5 Å². The van der Waals surface area contributed by atoms with Crippen molar-refractivity contribution in [3.63, 3.8) is 0 Å². The van der Waals surface area contributed by atoms with Gasteiger partial charge in [-0.1, -0.05) is 62.6 Å². The van der Waals surface area contributed by atoms with Gasteiger partial charge in [-0.05, 0) is 68.1 Å². The largest absolute Gasteiger partial charge is 0.491 e. The van der Waals surface area contributed by atoms with Gasteiger partial charge in [0.2, 0.25) is 0 Å². The van der Waals surface area contributed by atoms with E-state index in [1.165, 1.54) is 0 Å². The van der Waals surface area contributed by atoms with Crippen LogP contribution in [-0.2, 0) is 9.47 Å². The van der Waals surface area contributed by atoms with Gasteiger partial charge in [-0.3, -0.25) is 0 Å². The van der Waals surface area contributed by atoms with Crippen LogP contribution in [0, 0.1) is 23.5 Å². The zero-order valence-corrected chi connectivity index (χ0v) is 22.9. The molecular weight excluding hydrogens is 504 g/mol. The fourth-order valence-electron chi connectivity index (χ4n) is 5.68. The maximum atomic E-state index is 15.2. The number of ether oxygens (including phenoxy) is 2. The molecule has 1 saturated heterocycles. The van der Waals surface area contributed by atoms with E-state index < -0.39 is 35.3 Å². The van der Waals surface area contributed by atoms with E-state index >= 15 is 8.78 Å². The minimum absolute atomic E-state index is 0.0228. The van der Waals surface area contributed by atoms with Crippen LogP contribution in [0.2, 0.25) is 0 Å². The zero-order valence-electron chi connectivity index (χ0n) is 22.9. The van der Waals surface area contributed by atoms with Gasteiger partial charge in [0, 0.05) is 17.4 Å². The minimum Gasteiger partial charge on any atom is -0.491 e. The first kappa shape index (κ1) is 29.4. The van der Waals surface area contributed by atoms with E-state index in [0.29, 0.717) is 37.5 Å². The number of allylic oxidation sites excluding steroid dienone is 8. The van der Waals surface area contributed by atoms with Crippen molar-refractivity contribution < 1.29 is 27.0 Å². The monoisotopic (exact) mass is 544 g/mol. The number of benzene rings is 1. The second-order valence-corrected chi connectivity index (χ2v) is 10.8. The number of rotatable bonds is 12. The van der Waals surface area contributed by atoms with Gasteiger partial charge < -0.3 is 9.47 Å². The van der Waals surface area contributed by atoms with Crippen LogP contribution >= 0.6 is 0 Å². The number of hydrogen-bond acceptors (Lipinski definition) is 2. The van der Waals surface area contributed by atoms with Crippen molar-refractivity contribution in [1.82, 2.24) is 0 Å². The molecule has 1 fully saturated rings. The first-order valence-corrected chi connectivity index (χ1v) is 14.4. The summed E-state index contributed by atoms with van der Waals surface area (Å²) in [7, 11) is 0. The maximum absolute atomic E-state index is 15.2. The van der Waals surface area contributed by atoms with E-state index in [0.717, 1.165) is 44.9 Å². The number of hydrogen-bond donors (Lipinski definition) is 0. The average molecular weight is 545 g/mol. The molecule has 39 heavy (non-hydrogen) atoms. The summed E-state index contributed by atoms with van der Waals surface area (Å²) in [5.41, 5.74) is 1.15. The van der Waals surface area contributed by atoms with Crippen LogP contribution in [0.25, 0.3) is 0 Å². The van der Waals surface area contributed by atoms with Gasteiger partial charge in [-0.15, -0.1) is 6.58 Å². The Morgan fingerprint density at radius 1 is 1.00 bits per heavy atom. The van der Waals surface area contributed by atoms with Gasteiger partial charge in [0.25, 0.3) is 0 Å². The van der Waals surface area contributed by atoms with E-state index in [1.54, 1.807) is 36.4 Å². The first-order chi connectivity index (χ1) is 18.9. The molecule has 6 heteroatoms. The summed E-state index contributed by atoms with van der Waals surface area (Å²) in [6.45, 7) is 6.76. The molecule has 0 aromatic heterocycles. The molecule has 1 aliphatic heterocycles. The van der Waals surface area contributed by atoms with Crippen molar-refractivity contribution in [1.29, 1.82) is 0 Å². The van der Waals surface area contributed by atoms with Crippen molar-refractivity contribution in [2.24, 2.45) is 11.8 Å². The minimum atomic E-state index is -0.946. The summed E-state index contributed by atoms with van der Waals surface area (Å²) in [4.78, 5) is 0. The lowest BCUT2D eigenvalue weighted by atomic mass is 9.82. The van der Waals surface area contributed by atoms with Gasteiger partial charge in [0.05, 0.1) is 19.3 Å². The second kappa shape index (κ2) is 14.2. The molecule has 0 saturated carbocycles. The molecule has 4 rings (SSSR count). The van der Waals surface area contributed by atoms with Crippen molar-refractivity contribution >= 4 is 0 Å². The Morgan fingerprint density at radius 2 is 1.79 bits per heavy atom. The molecule has 0 radical (unpaired) electrons. The van der Waals surface area contributed by atoms with Gasteiger partial charge in [-0.2, -0.15) is 4.39 Å². The highest BCUT2D eigenvalue weighted by Gasteiger charge is 2.31. The first-order valence-electron chi connectivity index (χ1n) is 14.4. The van der Waals surface area contributed by atoms with E-state index in [-0.39, 0.29) is 29.2 Å². The Morgan fingerprint density at radius 3 is 2.49 bits per heavy atom. The second-order valence-electron chi connectivity index (χ2n) is 10.8. The molecule has 2 aliphatic carbocycles. The normalized spacial score (nSPS) is 25.4. The lowest BCUT2D eigenvalue weighted by Crippen LogP contribution is -2.22. The molecule has 212 valence electrons. The third-order valence-corrected chi connectivity index (χ3v) is 8.09. The van der Waals surface area contributed by atoms with Gasteiger partial charge in [0.1, 0.15) is 5.83 Å². The van der Waals surface area contributed by atoms with Crippen LogP contribution in [0.15, 0.2) is 72.1 Å². The third kappa shape index (κ3) is 7.13. The van der Waals surface area contributed by atoms with Gasteiger partial charge in [0.15, 0.2) is 23.2 Å². The van der Waals surface area contributed by atoms with Gasteiger partial charge >= 0.3 is 0 Å². The molecule has 0 bridgehead atoms. The third-order valence-electron chi connectivity index (χ3n) is 8.09. The summed E-state index contributed by atoms with van der Waals surface area (Å²) in [5.74, 6) is -4.23. The van der Waals surface area contributed by atoms with E-state index in [4.69, 9.17) is 9.47 Å². The molecule has 1 heterocycles. The lowest BCUT2D eigenvalue weighted by Gasteiger charge is -2.30. The number of halogens is 4. The smallest absolute Gasteiger partial charge is 0.196 e. The maximum Gasteiger partial charge on any atom is 0.196 e. The summed E-state index contributed by atoms with van der Waals surface area (Å²) in [6, 6.07) is 3.26. The molecule has 0 spiro atoms. The molecule has 1 aromatic carbocycles. The van der Waals surface area contributed by atoms with Crippen molar-refractivity contribution in [3.05, 3.63) is 94.8 Å². The Kier molecular flexibility index (Phi) is 10.7. The lowest BCUT2D eigenvalue weighted by molar-refractivity contribution is -0.0210. The van der Waals surface area contributed by atoms with Crippen molar-refractivity contribution in [2.45, 2.75) is 83.2 Å². The average Bonchev–Trinajstić information content (AvgIpc) is 2.96. The molecule has 3 aliphatic rings. The highest BCUT2D eigenvalue weighted by molar-refractivity contribution is 5.42. The predicted octanol–water partition coefficient (Wildman–Crippen LogP) is 10.0. The van der Waals surface area contributed by atoms with Crippen LogP contribution in [0.3, 0.4) is 0 Å². The van der Waals surface area contributed by atoms with Gasteiger partial charge in [-0.25, -0.2) is 13.2 Å². The van der Waals surface area contributed by atoms with Crippen LogP contribution in [0.4, 0.5) is 17.6 Å². The SMILES string of the molecule is C=CCCC1CCC(c2ccc([C@H]3C=CC([C@@H]4CC=C(OCCCCCC)C(F)=C4F)=CC3)c(F)c2F)OC1. The molecule has 0 N–H and O–H groups in total. The van der Waals surface area contributed by atoms with Crippen LogP contribution in [-0.4, -0.2) is 13.2 Å². The molecule has 2 unspecified atom stereocenters. The molecule has 1 aromatic rings. The highest BCUT2D eigenvalue weighted by Crippen LogP contribution is 2.41. The van der Waals surface area contributed by atoms with Crippen LogP contribution in [0.5, 0.6) is 0 Å². The molecular formula is C33H40F4O2. The zero-order chi connectivity index (χ0) is 27.8. The fourth-order valence-corrected chi connectivity index (χ4v) is 5.68. The molecule has 4 atom stereocenters. The number of unbranched alkanes of at least 4 members (excludes halogenated alkanes) is 3. The van der Waals surface area contributed by atoms with Crippen LogP contribution in [0.1, 0.15) is 94.3 Å². The summed E-state index contributed by atoms with van der Waals surface area (Å²) in [6.07, 6.45) is 16.4. The Labute approximate surface area is 230 Å². The summed E-state index contributed by atoms with van der Waals surface area (Å²) in [5, 5.41) is 0. The van der Waals surface area contributed by atoms with Crippen LogP contribution < -0.4 is 0 Å². The fraction of sp³-hybridized carbons (Fsp3) is 0.515. The Hall–Kier alpha value is -2.60. The van der Waals surface area contributed by atoms with E-state index in [1.807, 2.05) is 6.08 Å².